The second-order valence-electron chi connectivity index (χ2n) is 2.67. The Hall–Kier alpha value is -0.000000000000000167. The third kappa shape index (κ3) is 1.65. The van der Waals surface area contributed by atoms with Crippen molar-refractivity contribution in [1.82, 2.24) is 0 Å². The highest BCUT2D eigenvalue weighted by atomic mass is 127. The van der Waals surface area contributed by atoms with E-state index < -0.39 is 0 Å². The number of alkyl halides is 1. The predicted molar refractivity (Wildman–Crippen MR) is 65.8 cm³/mol. The van der Waals surface area contributed by atoms with Crippen molar-refractivity contribution in [1.29, 1.82) is 0 Å². The predicted octanol–water partition coefficient (Wildman–Crippen LogP) is 3.95. The van der Waals surface area contributed by atoms with Crippen LogP contribution in [0.1, 0.15) is 5.56 Å². The Labute approximate surface area is 98.5 Å². The summed E-state index contributed by atoms with van der Waals surface area (Å²) in [6.07, 6.45) is 0. The van der Waals surface area contributed by atoms with Gasteiger partial charge in [0.25, 0.3) is 0 Å². The molecule has 1 nitrogen and oxygen atoms in total. The lowest BCUT2D eigenvalue weighted by Crippen LogP contribution is -1.78. The second-order valence-corrected chi connectivity index (χ2v) is 5.88. The molecular weight excluding hydrogens is 319 g/mol. The van der Waals surface area contributed by atoms with Crippen LogP contribution in [0.3, 0.4) is 0 Å². The largest absolute Gasteiger partial charge is 0.508 e. The van der Waals surface area contributed by atoms with Gasteiger partial charge in [0.15, 0.2) is 0 Å². The van der Waals surface area contributed by atoms with E-state index >= 15 is 0 Å². The number of benzene rings is 1. The lowest BCUT2D eigenvalue weighted by Gasteiger charge is -2.00. The number of rotatable bonds is 1. The first-order chi connectivity index (χ1) is 6.22. The van der Waals surface area contributed by atoms with Gasteiger partial charge in [-0.15, -0.1) is 22.9 Å². The Bertz CT molecular complexity index is 452. The van der Waals surface area contributed by atoms with E-state index in [2.05, 4.69) is 28.7 Å². The van der Waals surface area contributed by atoms with E-state index in [4.69, 9.17) is 11.6 Å². The molecule has 1 N–H and O–H groups in total. The van der Waals surface area contributed by atoms with Crippen LogP contribution in [-0.4, -0.2) is 5.11 Å². The standard InChI is InChI=1S/C9H6ClIOS/c10-4-6-7(12)2-1-5-3-8(11)13-9(5)6/h1-3,12H,4H2. The maximum atomic E-state index is 9.54. The Morgan fingerprint density at radius 1 is 1.46 bits per heavy atom. The van der Waals surface area contributed by atoms with E-state index in [1.165, 1.54) is 2.88 Å². The Morgan fingerprint density at radius 3 is 2.92 bits per heavy atom. The molecule has 0 atom stereocenters. The zero-order valence-corrected chi connectivity index (χ0v) is 10.3. The minimum Gasteiger partial charge on any atom is -0.508 e. The van der Waals surface area contributed by atoms with E-state index in [-0.39, 0.29) is 0 Å². The van der Waals surface area contributed by atoms with Gasteiger partial charge in [0, 0.05) is 10.3 Å². The lowest BCUT2D eigenvalue weighted by atomic mass is 10.2. The summed E-state index contributed by atoms with van der Waals surface area (Å²) in [5.74, 6) is 0.653. The van der Waals surface area contributed by atoms with Crippen molar-refractivity contribution in [2.45, 2.75) is 5.88 Å². The zero-order chi connectivity index (χ0) is 9.42. The molecule has 4 heteroatoms. The van der Waals surface area contributed by atoms with E-state index in [9.17, 15) is 5.11 Å². The van der Waals surface area contributed by atoms with Gasteiger partial charge in [-0.2, -0.15) is 0 Å². The quantitative estimate of drug-likeness (QED) is 0.622. The molecule has 2 aromatic rings. The second kappa shape index (κ2) is 3.63. The smallest absolute Gasteiger partial charge is 0.121 e. The maximum Gasteiger partial charge on any atom is 0.121 e. The highest BCUT2D eigenvalue weighted by molar-refractivity contribution is 14.1. The number of thiophene rings is 1. The lowest BCUT2D eigenvalue weighted by molar-refractivity contribution is 0.472. The highest BCUT2D eigenvalue weighted by Crippen LogP contribution is 2.35. The topological polar surface area (TPSA) is 20.2 Å². The molecule has 2 rings (SSSR count). The van der Waals surface area contributed by atoms with Crippen LogP contribution < -0.4 is 0 Å². The van der Waals surface area contributed by atoms with Crippen LogP contribution in [0.2, 0.25) is 0 Å². The molecule has 0 aliphatic heterocycles. The number of halogens is 2. The summed E-state index contributed by atoms with van der Waals surface area (Å²) in [6.45, 7) is 0. The number of hydrogen-bond donors (Lipinski definition) is 1. The molecule has 0 spiro atoms. The average Bonchev–Trinajstić information content (AvgIpc) is 2.45. The number of aromatic hydroxyl groups is 1. The molecule has 0 fully saturated rings. The van der Waals surface area contributed by atoms with Crippen LogP contribution in [0.15, 0.2) is 18.2 Å². The van der Waals surface area contributed by atoms with E-state index in [0.717, 1.165) is 15.6 Å². The fourth-order valence-corrected chi connectivity index (χ4v) is 3.52. The summed E-state index contributed by atoms with van der Waals surface area (Å²) in [4.78, 5) is 0. The molecule has 1 aromatic heterocycles. The molecule has 0 aliphatic rings. The summed E-state index contributed by atoms with van der Waals surface area (Å²) >= 11 is 9.70. The van der Waals surface area contributed by atoms with Crippen molar-refractivity contribution in [2.75, 3.05) is 0 Å². The molecular formula is C9H6ClIOS. The van der Waals surface area contributed by atoms with Gasteiger partial charge in [0.1, 0.15) is 5.75 Å². The Balaban J connectivity index is 2.82. The van der Waals surface area contributed by atoms with Crippen LogP contribution in [-0.2, 0) is 5.88 Å². The minimum atomic E-state index is 0.292. The molecule has 0 saturated carbocycles. The number of phenols is 1. The molecule has 1 aromatic carbocycles. The average molecular weight is 325 g/mol. The van der Waals surface area contributed by atoms with Crippen molar-refractivity contribution in [3.63, 3.8) is 0 Å². The van der Waals surface area contributed by atoms with Crippen LogP contribution in [0.25, 0.3) is 10.1 Å². The van der Waals surface area contributed by atoms with Crippen molar-refractivity contribution < 1.29 is 5.11 Å². The van der Waals surface area contributed by atoms with Crippen LogP contribution in [0.4, 0.5) is 0 Å². The van der Waals surface area contributed by atoms with Gasteiger partial charge in [0.05, 0.1) is 8.76 Å². The van der Waals surface area contributed by atoms with Gasteiger partial charge in [-0.05, 0) is 46.2 Å². The van der Waals surface area contributed by atoms with Crippen molar-refractivity contribution in [3.8, 4) is 5.75 Å². The van der Waals surface area contributed by atoms with Crippen molar-refractivity contribution in [2.24, 2.45) is 0 Å². The highest BCUT2D eigenvalue weighted by Gasteiger charge is 2.08. The summed E-state index contributed by atoms with van der Waals surface area (Å²) in [6, 6.07) is 5.71. The van der Waals surface area contributed by atoms with Crippen LogP contribution in [0.5, 0.6) is 5.75 Å². The van der Waals surface area contributed by atoms with Gasteiger partial charge >= 0.3 is 0 Å². The first kappa shape index (κ1) is 9.55. The molecule has 68 valence electrons. The third-order valence-corrected chi connectivity index (χ3v) is 4.11. The summed E-state index contributed by atoms with van der Waals surface area (Å²) < 4.78 is 2.31. The molecule has 0 aliphatic carbocycles. The molecule has 0 amide bonds. The van der Waals surface area contributed by atoms with Crippen LogP contribution in [0, 0.1) is 2.88 Å². The summed E-state index contributed by atoms with van der Waals surface area (Å²) in [5.41, 5.74) is 0.840. The van der Waals surface area contributed by atoms with Gasteiger partial charge < -0.3 is 5.11 Å². The fourth-order valence-electron chi connectivity index (χ4n) is 1.25. The molecule has 13 heavy (non-hydrogen) atoms. The van der Waals surface area contributed by atoms with Gasteiger partial charge in [-0.1, -0.05) is 0 Å². The number of fused-ring (bicyclic) bond motifs is 1. The van der Waals surface area contributed by atoms with Gasteiger partial charge in [-0.25, -0.2) is 0 Å². The summed E-state index contributed by atoms with van der Waals surface area (Å²) in [7, 11) is 0. The minimum absolute atomic E-state index is 0.292. The van der Waals surface area contributed by atoms with E-state index in [1.807, 2.05) is 6.07 Å². The molecule has 0 bridgehead atoms. The summed E-state index contributed by atoms with van der Waals surface area (Å²) in [5, 5.41) is 10.7. The van der Waals surface area contributed by atoms with Crippen molar-refractivity contribution in [3.05, 3.63) is 26.6 Å². The molecule has 1 heterocycles. The molecule has 0 saturated heterocycles. The maximum absolute atomic E-state index is 9.54. The van der Waals surface area contributed by atoms with Crippen molar-refractivity contribution >= 4 is 55.6 Å². The molecule has 0 radical (unpaired) electrons. The zero-order valence-electron chi connectivity index (χ0n) is 6.55. The van der Waals surface area contributed by atoms with E-state index in [0.29, 0.717) is 11.6 Å². The number of hydrogen-bond acceptors (Lipinski definition) is 2. The normalized spacial score (nSPS) is 10.9. The first-order valence-electron chi connectivity index (χ1n) is 3.68. The fraction of sp³-hybridized carbons (Fsp3) is 0.111. The SMILES string of the molecule is Oc1ccc2cc(I)sc2c1CCl. The molecule has 0 unspecified atom stereocenters. The van der Waals surface area contributed by atoms with E-state index in [1.54, 1.807) is 17.4 Å². The Morgan fingerprint density at radius 2 is 2.23 bits per heavy atom. The van der Waals surface area contributed by atoms with Gasteiger partial charge in [-0.3, -0.25) is 0 Å². The monoisotopic (exact) mass is 324 g/mol. The third-order valence-electron chi connectivity index (χ3n) is 1.87. The number of phenolic OH excluding ortho intramolecular Hbond substituents is 1. The Kier molecular flexibility index (Phi) is 2.67. The van der Waals surface area contributed by atoms with Gasteiger partial charge in [0.2, 0.25) is 0 Å². The van der Waals surface area contributed by atoms with Crippen LogP contribution >= 0.6 is 45.5 Å². The first-order valence-corrected chi connectivity index (χ1v) is 6.11.